The lowest BCUT2D eigenvalue weighted by molar-refractivity contribution is -0.124. The van der Waals surface area contributed by atoms with E-state index in [2.05, 4.69) is 20.8 Å². The minimum absolute atomic E-state index is 0. The summed E-state index contributed by atoms with van der Waals surface area (Å²) in [4.78, 5) is 16.9. The molecule has 2 fully saturated rings. The highest BCUT2D eigenvalue weighted by Crippen LogP contribution is 2.58. The molecule has 1 aliphatic carbocycles. The van der Waals surface area contributed by atoms with Crippen LogP contribution in [0.4, 0.5) is 4.39 Å². The van der Waals surface area contributed by atoms with Gasteiger partial charge in [0.15, 0.2) is 0 Å². The number of hydrogen-bond acceptors (Lipinski definition) is 5. The molecule has 146 valence electrons. The molecule has 27 heavy (non-hydrogen) atoms. The molecule has 1 amide bonds. The fraction of sp³-hybridized carbons (Fsp3) is 0.526. The second-order valence-electron chi connectivity index (χ2n) is 7.52. The van der Waals surface area contributed by atoms with Crippen LogP contribution in [0.2, 0.25) is 0 Å². The van der Waals surface area contributed by atoms with Gasteiger partial charge in [-0.25, -0.2) is 4.39 Å². The van der Waals surface area contributed by atoms with Crippen molar-refractivity contribution in [3.05, 3.63) is 35.5 Å². The number of aryl methyl sites for hydroxylation is 1. The summed E-state index contributed by atoms with van der Waals surface area (Å²) in [6, 6.07) is 4.32. The number of aromatic nitrogens is 2. The smallest absolute Gasteiger partial charge is 0.249 e. The molecule has 2 aliphatic rings. The number of halogens is 2. The van der Waals surface area contributed by atoms with Gasteiger partial charge in [0.25, 0.3) is 0 Å². The van der Waals surface area contributed by atoms with Gasteiger partial charge in [-0.15, -0.1) is 12.4 Å². The van der Waals surface area contributed by atoms with Crippen LogP contribution in [0.1, 0.15) is 43.7 Å². The van der Waals surface area contributed by atoms with Gasteiger partial charge in [-0.05, 0) is 75.4 Å². The Morgan fingerprint density at radius 2 is 2.15 bits per heavy atom. The van der Waals surface area contributed by atoms with Gasteiger partial charge in [0.1, 0.15) is 11.9 Å². The lowest BCUT2D eigenvalue weighted by Crippen LogP contribution is -2.34. The van der Waals surface area contributed by atoms with E-state index in [9.17, 15) is 9.18 Å². The SMILES string of the molecule is Cc1cc(-c2noc(C(C)NC(=O)C3CC34CCNCC4)n2)ccc1F.Cl. The molecule has 2 aromatic rings. The highest BCUT2D eigenvalue weighted by atomic mass is 35.5. The van der Waals surface area contributed by atoms with Crippen LogP contribution in [0.25, 0.3) is 11.4 Å². The average molecular weight is 395 g/mol. The van der Waals surface area contributed by atoms with Gasteiger partial charge >= 0.3 is 0 Å². The first-order valence-electron chi connectivity index (χ1n) is 9.10. The fourth-order valence-corrected chi connectivity index (χ4v) is 3.88. The average Bonchev–Trinajstić information content (AvgIpc) is 3.09. The highest BCUT2D eigenvalue weighted by Gasteiger charge is 2.57. The number of carbonyl (C=O) groups excluding carboxylic acids is 1. The van der Waals surface area contributed by atoms with Crippen LogP contribution in [0.15, 0.2) is 22.7 Å². The number of nitrogens with zero attached hydrogens (tertiary/aromatic N) is 2. The molecular formula is C19H24ClFN4O2. The molecule has 2 heterocycles. The Balaban J connectivity index is 0.00000210. The van der Waals surface area contributed by atoms with E-state index < -0.39 is 0 Å². The number of benzene rings is 1. The van der Waals surface area contributed by atoms with Crippen LogP contribution >= 0.6 is 12.4 Å². The summed E-state index contributed by atoms with van der Waals surface area (Å²) in [5, 5.41) is 10.3. The maximum absolute atomic E-state index is 13.4. The van der Waals surface area contributed by atoms with Gasteiger partial charge < -0.3 is 15.2 Å². The zero-order valence-corrected chi connectivity index (χ0v) is 16.2. The molecule has 1 saturated heterocycles. The van der Waals surface area contributed by atoms with Crippen molar-refractivity contribution in [2.75, 3.05) is 13.1 Å². The number of nitrogens with one attached hydrogen (secondary N) is 2. The third-order valence-electron chi connectivity index (χ3n) is 5.69. The van der Waals surface area contributed by atoms with E-state index in [1.165, 1.54) is 6.07 Å². The van der Waals surface area contributed by atoms with Crippen LogP contribution < -0.4 is 10.6 Å². The largest absolute Gasteiger partial charge is 0.344 e. The molecule has 2 unspecified atom stereocenters. The summed E-state index contributed by atoms with van der Waals surface area (Å²) in [6.07, 6.45) is 3.10. The van der Waals surface area contributed by atoms with Crippen LogP contribution in [-0.2, 0) is 4.79 Å². The molecule has 2 N–H and O–H groups in total. The molecule has 1 spiro atoms. The van der Waals surface area contributed by atoms with E-state index in [1.54, 1.807) is 19.1 Å². The summed E-state index contributed by atoms with van der Waals surface area (Å²) in [5.41, 5.74) is 1.41. The van der Waals surface area contributed by atoms with Crippen LogP contribution in [0.5, 0.6) is 0 Å². The van der Waals surface area contributed by atoms with Gasteiger partial charge in [-0.1, -0.05) is 5.16 Å². The predicted octanol–water partition coefficient (Wildman–Crippen LogP) is 3.17. The number of piperidine rings is 1. The zero-order valence-electron chi connectivity index (χ0n) is 15.4. The number of amides is 1. The normalized spacial score (nSPS) is 21.4. The molecule has 1 saturated carbocycles. The van der Waals surface area contributed by atoms with E-state index in [0.717, 1.165) is 32.4 Å². The van der Waals surface area contributed by atoms with Crippen LogP contribution in [0.3, 0.4) is 0 Å². The lowest BCUT2D eigenvalue weighted by atomic mass is 9.91. The zero-order chi connectivity index (χ0) is 18.3. The van der Waals surface area contributed by atoms with Crippen molar-refractivity contribution in [2.45, 2.75) is 39.2 Å². The predicted molar refractivity (Wildman–Crippen MR) is 101 cm³/mol. The molecule has 1 aromatic heterocycles. The molecule has 4 rings (SSSR count). The lowest BCUT2D eigenvalue weighted by Gasteiger charge is -2.23. The first-order valence-corrected chi connectivity index (χ1v) is 9.10. The van der Waals surface area contributed by atoms with Gasteiger partial charge in [-0.3, -0.25) is 4.79 Å². The molecule has 1 aromatic carbocycles. The van der Waals surface area contributed by atoms with Gasteiger partial charge in [0, 0.05) is 11.5 Å². The molecule has 6 nitrogen and oxygen atoms in total. The topological polar surface area (TPSA) is 80.0 Å². The first kappa shape index (κ1) is 19.8. The molecule has 2 atom stereocenters. The van der Waals surface area contributed by atoms with E-state index in [4.69, 9.17) is 4.52 Å². The summed E-state index contributed by atoms with van der Waals surface area (Å²) in [6.45, 7) is 5.50. The standard InChI is InChI=1S/C19H23FN4O2.ClH/c1-11-9-13(3-4-15(11)20)16-23-18(26-24-16)12(2)22-17(25)14-10-19(14)5-7-21-8-6-19;/h3-4,9,12,14,21H,5-8,10H2,1-2H3,(H,22,25);1H. The minimum Gasteiger partial charge on any atom is -0.344 e. The summed E-state index contributed by atoms with van der Waals surface area (Å²) < 4.78 is 18.7. The van der Waals surface area contributed by atoms with Crippen molar-refractivity contribution >= 4 is 18.3 Å². The minimum atomic E-state index is -0.357. The Morgan fingerprint density at radius 1 is 1.41 bits per heavy atom. The molecule has 8 heteroatoms. The quantitative estimate of drug-likeness (QED) is 0.832. The second kappa shape index (κ2) is 7.56. The Morgan fingerprint density at radius 3 is 2.85 bits per heavy atom. The van der Waals surface area contributed by atoms with E-state index in [-0.39, 0.29) is 41.5 Å². The number of hydrogen-bond donors (Lipinski definition) is 2. The van der Waals surface area contributed by atoms with Crippen LogP contribution in [-0.4, -0.2) is 29.1 Å². The molecular weight excluding hydrogens is 371 g/mol. The Bertz CT molecular complexity index is 835. The van der Waals surface area contributed by atoms with Gasteiger partial charge in [0.05, 0.1) is 0 Å². The van der Waals surface area contributed by atoms with Gasteiger partial charge in [-0.2, -0.15) is 4.98 Å². The van der Waals surface area contributed by atoms with Crippen LogP contribution in [0, 0.1) is 24.1 Å². The monoisotopic (exact) mass is 394 g/mol. The molecule has 1 aliphatic heterocycles. The summed E-state index contributed by atoms with van der Waals surface area (Å²) in [5.74, 6) is 0.640. The van der Waals surface area contributed by atoms with Gasteiger partial charge in [0.2, 0.25) is 17.6 Å². The Labute approximate surface area is 163 Å². The maximum Gasteiger partial charge on any atom is 0.249 e. The second-order valence-corrected chi connectivity index (χ2v) is 7.52. The van der Waals surface area contributed by atoms with E-state index >= 15 is 0 Å². The summed E-state index contributed by atoms with van der Waals surface area (Å²) >= 11 is 0. The highest BCUT2D eigenvalue weighted by molar-refractivity contribution is 5.85. The third kappa shape index (κ3) is 3.84. The van der Waals surface area contributed by atoms with Crippen molar-refractivity contribution in [2.24, 2.45) is 11.3 Å². The van der Waals surface area contributed by atoms with E-state index in [1.807, 2.05) is 6.92 Å². The van der Waals surface area contributed by atoms with Crippen molar-refractivity contribution in [1.82, 2.24) is 20.8 Å². The number of carbonyl (C=O) groups is 1. The van der Waals surface area contributed by atoms with Crippen molar-refractivity contribution in [3.8, 4) is 11.4 Å². The number of rotatable bonds is 4. The first-order chi connectivity index (χ1) is 12.5. The summed E-state index contributed by atoms with van der Waals surface area (Å²) in [7, 11) is 0. The maximum atomic E-state index is 13.4. The van der Waals surface area contributed by atoms with Crippen molar-refractivity contribution in [3.63, 3.8) is 0 Å². The Kier molecular flexibility index (Phi) is 5.53. The van der Waals surface area contributed by atoms with Crippen molar-refractivity contribution < 1.29 is 13.7 Å². The molecule has 0 bridgehead atoms. The fourth-order valence-electron chi connectivity index (χ4n) is 3.88. The van der Waals surface area contributed by atoms with E-state index in [0.29, 0.717) is 22.8 Å². The Hall–Kier alpha value is -1.99. The van der Waals surface area contributed by atoms with Crippen molar-refractivity contribution in [1.29, 1.82) is 0 Å². The third-order valence-corrected chi connectivity index (χ3v) is 5.69. The molecule has 0 radical (unpaired) electrons.